The van der Waals surface area contributed by atoms with Gasteiger partial charge in [-0.3, -0.25) is 14.5 Å². The minimum atomic E-state index is -0.0523. The number of carbonyl (C=O) groups is 1. The van der Waals surface area contributed by atoms with Gasteiger partial charge in [-0.15, -0.1) is 0 Å². The van der Waals surface area contributed by atoms with Crippen molar-refractivity contribution in [1.82, 2.24) is 14.8 Å². The molecule has 1 aromatic rings. The van der Waals surface area contributed by atoms with Gasteiger partial charge in [0, 0.05) is 38.1 Å². The Bertz CT molecular complexity index is 470. The Labute approximate surface area is 113 Å². The van der Waals surface area contributed by atoms with Crippen molar-refractivity contribution in [2.24, 2.45) is 0 Å². The van der Waals surface area contributed by atoms with E-state index >= 15 is 0 Å². The molecule has 0 aliphatic heterocycles. The molecule has 0 bridgehead atoms. The van der Waals surface area contributed by atoms with Crippen molar-refractivity contribution in [1.29, 1.82) is 0 Å². The number of likely N-dealkylation sites (N-methyl/N-ethyl adjacent to an activating group) is 2. The van der Waals surface area contributed by atoms with E-state index in [0.717, 1.165) is 19.5 Å². The van der Waals surface area contributed by atoms with Gasteiger partial charge in [0.25, 0.3) is 5.56 Å². The van der Waals surface area contributed by atoms with Crippen molar-refractivity contribution in [2.75, 3.05) is 32.4 Å². The lowest BCUT2D eigenvalue weighted by Crippen LogP contribution is -2.36. The first-order chi connectivity index (χ1) is 9.06. The molecule has 6 heteroatoms. The summed E-state index contributed by atoms with van der Waals surface area (Å²) < 4.78 is 1.60. The lowest BCUT2D eigenvalue weighted by Gasteiger charge is -2.19. The molecular formula is C13H22N4O2. The van der Waals surface area contributed by atoms with E-state index in [1.165, 1.54) is 6.07 Å². The summed E-state index contributed by atoms with van der Waals surface area (Å²) >= 11 is 0. The Morgan fingerprint density at radius 1 is 1.47 bits per heavy atom. The number of hydrogen-bond donors (Lipinski definition) is 2. The van der Waals surface area contributed by atoms with Crippen LogP contribution in [-0.2, 0) is 11.3 Å². The first-order valence-corrected chi connectivity index (χ1v) is 6.45. The molecule has 3 N–H and O–H groups in total. The Morgan fingerprint density at radius 3 is 2.84 bits per heavy atom. The predicted molar refractivity (Wildman–Crippen MR) is 75.9 cm³/mol. The second-order valence-corrected chi connectivity index (χ2v) is 4.39. The maximum Gasteiger partial charge on any atom is 0.250 e. The number of aryl methyl sites for hydroxylation is 1. The highest BCUT2D eigenvalue weighted by molar-refractivity contribution is 5.77. The molecule has 0 spiro atoms. The van der Waals surface area contributed by atoms with Crippen LogP contribution in [0.2, 0.25) is 0 Å². The lowest BCUT2D eigenvalue weighted by atomic mass is 10.3. The summed E-state index contributed by atoms with van der Waals surface area (Å²) in [5.74, 6) is 0.00275. The predicted octanol–water partition coefficient (Wildman–Crippen LogP) is -0.111. The van der Waals surface area contributed by atoms with E-state index in [9.17, 15) is 9.59 Å². The van der Waals surface area contributed by atoms with E-state index in [1.54, 1.807) is 23.9 Å². The van der Waals surface area contributed by atoms with Crippen LogP contribution in [0.5, 0.6) is 0 Å². The zero-order valence-electron chi connectivity index (χ0n) is 11.6. The highest BCUT2D eigenvalue weighted by Crippen LogP contribution is 1.98. The van der Waals surface area contributed by atoms with E-state index in [0.29, 0.717) is 18.8 Å². The Balaban J connectivity index is 2.46. The number of carbonyl (C=O) groups excluding carboxylic acids is 1. The number of aromatic nitrogens is 1. The second-order valence-electron chi connectivity index (χ2n) is 4.39. The summed E-state index contributed by atoms with van der Waals surface area (Å²) in [5, 5.41) is 2.60. The van der Waals surface area contributed by atoms with E-state index in [2.05, 4.69) is 5.32 Å². The summed E-state index contributed by atoms with van der Waals surface area (Å²) in [4.78, 5) is 24.9. The molecule has 0 radical (unpaired) electrons. The number of amides is 1. The molecule has 0 unspecified atom stereocenters. The van der Waals surface area contributed by atoms with Crippen LogP contribution in [0.4, 0.5) is 5.69 Å². The van der Waals surface area contributed by atoms with Crippen LogP contribution >= 0.6 is 0 Å². The van der Waals surface area contributed by atoms with Crippen LogP contribution in [0.15, 0.2) is 23.1 Å². The zero-order valence-corrected chi connectivity index (χ0v) is 11.6. The van der Waals surface area contributed by atoms with E-state index in [4.69, 9.17) is 5.73 Å². The number of nitrogens with one attached hydrogen (secondary N) is 1. The quantitative estimate of drug-likeness (QED) is 0.721. The molecule has 0 atom stereocenters. The smallest absolute Gasteiger partial charge is 0.250 e. The van der Waals surface area contributed by atoms with Crippen molar-refractivity contribution < 1.29 is 4.79 Å². The summed E-state index contributed by atoms with van der Waals surface area (Å²) in [7, 11) is 1.63. The molecule has 19 heavy (non-hydrogen) atoms. The molecule has 1 aromatic heterocycles. The number of rotatable bonds is 7. The standard InChI is InChI=1S/C13H22N4O2/c1-3-16(10-12(18)15-2)7-4-8-17-9-11(14)5-6-13(17)19/h5-6,9H,3-4,7-8,10,14H2,1-2H3,(H,15,18). The number of nitrogens with two attached hydrogens (primary N) is 1. The van der Waals surface area contributed by atoms with Gasteiger partial charge in [0.15, 0.2) is 0 Å². The lowest BCUT2D eigenvalue weighted by molar-refractivity contribution is -0.121. The molecule has 0 aromatic carbocycles. The normalized spacial score (nSPS) is 10.7. The van der Waals surface area contributed by atoms with Gasteiger partial charge in [0.1, 0.15) is 0 Å². The van der Waals surface area contributed by atoms with Crippen molar-refractivity contribution in [3.05, 3.63) is 28.7 Å². The van der Waals surface area contributed by atoms with Crippen LogP contribution < -0.4 is 16.6 Å². The molecule has 6 nitrogen and oxygen atoms in total. The number of hydrogen-bond acceptors (Lipinski definition) is 4. The SMILES string of the molecule is CCN(CCCn1cc(N)ccc1=O)CC(=O)NC. The van der Waals surface area contributed by atoms with Crippen molar-refractivity contribution >= 4 is 11.6 Å². The van der Waals surface area contributed by atoms with Crippen molar-refractivity contribution in [3.63, 3.8) is 0 Å². The van der Waals surface area contributed by atoms with Crippen molar-refractivity contribution in [3.8, 4) is 0 Å². The average molecular weight is 266 g/mol. The third-order valence-corrected chi connectivity index (χ3v) is 2.97. The number of pyridine rings is 1. The van der Waals surface area contributed by atoms with Gasteiger partial charge in [-0.05, 0) is 19.0 Å². The maximum absolute atomic E-state index is 11.6. The van der Waals surface area contributed by atoms with Crippen LogP contribution in [-0.4, -0.2) is 42.1 Å². The van der Waals surface area contributed by atoms with E-state index < -0.39 is 0 Å². The highest BCUT2D eigenvalue weighted by Gasteiger charge is 2.07. The molecular weight excluding hydrogens is 244 g/mol. The molecule has 0 saturated heterocycles. The van der Waals surface area contributed by atoms with Crippen LogP contribution in [0, 0.1) is 0 Å². The van der Waals surface area contributed by atoms with Crippen LogP contribution in [0.25, 0.3) is 0 Å². The third kappa shape index (κ3) is 5.13. The van der Waals surface area contributed by atoms with Gasteiger partial charge in [-0.25, -0.2) is 0 Å². The number of nitrogen functional groups attached to an aromatic ring is 1. The summed E-state index contributed by atoms with van der Waals surface area (Å²) in [6.07, 6.45) is 2.45. The number of nitrogens with zero attached hydrogens (tertiary/aromatic N) is 2. The van der Waals surface area contributed by atoms with Crippen LogP contribution in [0.3, 0.4) is 0 Å². The monoisotopic (exact) mass is 266 g/mol. The Hall–Kier alpha value is -1.82. The average Bonchev–Trinajstić information content (AvgIpc) is 2.41. The molecule has 0 aliphatic rings. The van der Waals surface area contributed by atoms with Gasteiger partial charge in [0.2, 0.25) is 5.91 Å². The molecule has 0 saturated carbocycles. The van der Waals surface area contributed by atoms with Gasteiger partial charge in [-0.2, -0.15) is 0 Å². The first kappa shape index (κ1) is 15.2. The van der Waals surface area contributed by atoms with Gasteiger partial charge < -0.3 is 15.6 Å². The molecule has 106 valence electrons. The minimum Gasteiger partial charge on any atom is -0.398 e. The van der Waals surface area contributed by atoms with Gasteiger partial charge in [-0.1, -0.05) is 6.92 Å². The first-order valence-electron chi connectivity index (χ1n) is 6.45. The fraction of sp³-hybridized carbons (Fsp3) is 0.538. The Kier molecular flexibility index (Phi) is 6.08. The van der Waals surface area contributed by atoms with Gasteiger partial charge in [0.05, 0.1) is 6.54 Å². The molecule has 1 heterocycles. The highest BCUT2D eigenvalue weighted by atomic mass is 16.2. The fourth-order valence-corrected chi connectivity index (χ4v) is 1.82. The molecule has 1 amide bonds. The largest absolute Gasteiger partial charge is 0.398 e. The third-order valence-electron chi connectivity index (χ3n) is 2.97. The van der Waals surface area contributed by atoms with Gasteiger partial charge >= 0.3 is 0 Å². The van der Waals surface area contributed by atoms with E-state index in [1.807, 2.05) is 11.8 Å². The minimum absolute atomic E-state index is 0.00275. The maximum atomic E-state index is 11.6. The second kappa shape index (κ2) is 7.58. The number of anilines is 1. The summed E-state index contributed by atoms with van der Waals surface area (Å²) in [6, 6.07) is 3.07. The van der Waals surface area contributed by atoms with Crippen molar-refractivity contribution in [2.45, 2.75) is 19.9 Å². The summed E-state index contributed by atoms with van der Waals surface area (Å²) in [6.45, 7) is 4.58. The summed E-state index contributed by atoms with van der Waals surface area (Å²) in [5.41, 5.74) is 6.17. The molecule has 0 fully saturated rings. The molecule has 0 aliphatic carbocycles. The Morgan fingerprint density at radius 2 is 2.21 bits per heavy atom. The molecule has 1 rings (SSSR count). The topological polar surface area (TPSA) is 80.4 Å². The van der Waals surface area contributed by atoms with Crippen LogP contribution in [0.1, 0.15) is 13.3 Å². The zero-order chi connectivity index (χ0) is 14.3. The van der Waals surface area contributed by atoms with E-state index in [-0.39, 0.29) is 11.5 Å². The fourth-order valence-electron chi connectivity index (χ4n) is 1.82.